The Morgan fingerprint density at radius 1 is 1.32 bits per heavy atom. The van der Waals surface area contributed by atoms with E-state index in [1.54, 1.807) is 22.7 Å². The van der Waals surface area contributed by atoms with Crippen LogP contribution in [0.15, 0.2) is 22.9 Å². The summed E-state index contributed by atoms with van der Waals surface area (Å²) in [6.07, 6.45) is 4.67. The number of hydrogen-bond donors (Lipinski definition) is 1. The molecule has 1 aliphatic carbocycles. The molecule has 0 aromatic carbocycles. The summed E-state index contributed by atoms with van der Waals surface area (Å²) in [6, 6.07) is 3.75. The van der Waals surface area contributed by atoms with Gasteiger partial charge in [-0.3, -0.25) is 9.69 Å². The van der Waals surface area contributed by atoms with Gasteiger partial charge in [0.25, 0.3) is 5.91 Å². The lowest BCUT2D eigenvalue weighted by Gasteiger charge is -2.34. The van der Waals surface area contributed by atoms with Gasteiger partial charge < -0.3 is 5.32 Å². The summed E-state index contributed by atoms with van der Waals surface area (Å²) in [4.78, 5) is 32.4. The number of carbonyl (C=O) groups excluding carboxylic acids is 2. The molecule has 0 bridgehead atoms. The molecular weight excluding hydrogens is 354 g/mol. The Labute approximate surface area is 155 Å². The van der Waals surface area contributed by atoms with Gasteiger partial charge in [-0.2, -0.15) is 0 Å². The van der Waals surface area contributed by atoms with Crippen molar-refractivity contribution in [1.82, 2.24) is 15.2 Å². The average molecular weight is 376 g/mol. The summed E-state index contributed by atoms with van der Waals surface area (Å²) in [5.74, 6) is 0.606. The molecule has 2 aromatic rings. The van der Waals surface area contributed by atoms with E-state index in [4.69, 9.17) is 0 Å². The Bertz CT molecular complexity index is 776. The first kappa shape index (κ1) is 16.7. The smallest absolute Gasteiger partial charge is 0.323 e. The van der Waals surface area contributed by atoms with Gasteiger partial charge in [-0.05, 0) is 43.0 Å². The molecule has 2 fully saturated rings. The van der Waals surface area contributed by atoms with Gasteiger partial charge in [0.05, 0.1) is 17.1 Å². The number of hydrogen-bond acceptors (Lipinski definition) is 5. The molecular formula is C18H21N3O2S2. The molecule has 0 atom stereocenters. The molecule has 25 heavy (non-hydrogen) atoms. The topological polar surface area (TPSA) is 62.3 Å². The van der Waals surface area contributed by atoms with E-state index in [1.165, 1.54) is 4.90 Å². The van der Waals surface area contributed by atoms with Crippen molar-refractivity contribution in [3.05, 3.63) is 28.6 Å². The number of thiazole rings is 1. The van der Waals surface area contributed by atoms with Crippen molar-refractivity contribution in [2.75, 3.05) is 0 Å². The summed E-state index contributed by atoms with van der Waals surface area (Å²) >= 11 is 3.19. The number of amides is 3. The van der Waals surface area contributed by atoms with E-state index >= 15 is 0 Å². The molecule has 1 spiro atoms. The van der Waals surface area contributed by atoms with E-state index in [9.17, 15) is 9.59 Å². The van der Waals surface area contributed by atoms with E-state index in [0.29, 0.717) is 5.92 Å². The van der Waals surface area contributed by atoms with Crippen LogP contribution in [0.3, 0.4) is 0 Å². The summed E-state index contributed by atoms with van der Waals surface area (Å²) in [6.45, 7) is 2.45. The highest BCUT2D eigenvalue weighted by Gasteiger charge is 2.52. The summed E-state index contributed by atoms with van der Waals surface area (Å²) < 4.78 is 0. The summed E-state index contributed by atoms with van der Waals surface area (Å²) in [5, 5.41) is 7.88. The first-order valence-corrected chi connectivity index (χ1v) is 10.5. The molecule has 3 heterocycles. The molecule has 5 nitrogen and oxygen atoms in total. The fourth-order valence-corrected chi connectivity index (χ4v) is 5.42. The molecule has 132 valence electrons. The highest BCUT2D eigenvalue weighted by molar-refractivity contribution is 7.20. The largest absolute Gasteiger partial charge is 0.325 e. The van der Waals surface area contributed by atoms with Gasteiger partial charge in [0.1, 0.15) is 10.5 Å². The molecule has 1 saturated heterocycles. The van der Waals surface area contributed by atoms with Crippen LogP contribution in [0.1, 0.15) is 44.7 Å². The van der Waals surface area contributed by atoms with Crippen LogP contribution in [0, 0.1) is 5.92 Å². The molecule has 2 aromatic heterocycles. The first-order chi connectivity index (χ1) is 12.1. The second kappa shape index (κ2) is 6.53. The van der Waals surface area contributed by atoms with Crippen LogP contribution in [-0.4, -0.2) is 27.4 Å². The molecule has 0 unspecified atom stereocenters. The van der Waals surface area contributed by atoms with E-state index in [0.717, 1.165) is 47.7 Å². The predicted octanol–water partition coefficient (Wildman–Crippen LogP) is 4.26. The minimum Gasteiger partial charge on any atom is -0.323 e. The van der Waals surface area contributed by atoms with Crippen molar-refractivity contribution >= 4 is 34.6 Å². The van der Waals surface area contributed by atoms with Gasteiger partial charge in [0, 0.05) is 5.38 Å². The molecule has 0 radical (unpaired) electrons. The number of carbonyl (C=O) groups is 2. The Hall–Kier alpha value is -1.73. The standard InChI is InChI=1S/C18H21N3O2S2/c1-2-12-5-7-18(8-6-12)16(22)21(17(23)20-18)10-13-11-25-15(19-13)14-4-3-9-24-14/h3-4,9,11-12H,2,5-8,10H2,1H3,(H,20,23). The Kier molecular flexibility index (Phi) is 4.37. The lowest BCUT2D eigenvalue weighted by atomic mass is 9.75. The SMILES string of the molecule is CCC1CCC2(CC1)NC(=O)N(Cc1csc(-c3cccs3)n1)C2=O. The first-order valence-electron chi connectivity index (χ1n) is 8.74. The van der Waals surface area contributed by atoms with E-state index < -0.39 is 5.54 Å². The minimum absolute atomic E-state index is 0.0715. The van der Waals surface area contributed by atoms with Crippen LogP contribution in [0.2, 0.25) is 0 Å². The summed E-state index contributed by atoms with van der Waals surface area (Å²) in [5.41, 5.74) is 0.103. The molecule has 1 N–H and O–H groups in total. The number of nitrogens with one attached hydrogen (secondary N) is 1. The van der Waals surface area contributed by atoms with Crippen LogP contribution < -0.4 is 5.32 Å². The zero-order valence-corrected chi connectivity index (χ0v) is 15.8. The maximum absolute atomic E-state index is 12.9. The predicted molar refractivity (Wildman–Crippen MR) is 99.5 cm³/mol. The number of rotatable bonds is 4. The van der Waals surface area contributed by atoms with Crippen molar-refractivity contribution < 1.29 is 9.59 Å². The van der Waals surface area contributed by atoms with E-state index in [1.807, 2.05) is 22.9 Å². The zero-order chi connectivity index (χ0) is 17.4. The van der Waals surface area contributed by atoms with Crippen LogP contribution >= 0.6 is 22.7 Å². The summed E-state index contributed by atoms with van der Waals surface area (Å²) in [7, 11) is 0. The van der Waals surface area contributed by atoms with Gasteiger partial charge in [-0.25, -0.2) is 9.78 Å². The van der Waals surface area contributed by atoms with Crippen LogP contribution in [0.5, 0.6) is 0 Å². The average Bonchev–Trinajstić information content (AvgIpc) is 3.34. The number of aromatic nitrogens is 1. The van der Waals surface area contributed by atoms with Crippen LogP contribution in [0.4, 0.5) is 4.79 Å². The zero-order valence-electron chi connectivity index (χ0n) is 14.2. The number of nitrogens with zero attached hydrogens (tertiary/aromatic N) is 2. The van der Waals surface area contributed by atoms with Gasteiger partial charge in [0.15, 0.2) is 0 Å². The van der Waals surface area contributed by atoms with Crippen molar-refractivity contribution in [2.45, 2.75) is 51.1 Å². The quantitative estimate of drug-likeness (QED) is 0.812. The maximum Gasteiger partial charge on any atom is 0.325 e. The lowest BCUT2D eigenvalue weighted by molar-refractivity contribution is -0.133. The number of urea groups is 1. The van der Waals surface area contributed by atoms with E-state index in [2.05, 4.69) is 17.2 Å². The fourth-order valence-electron chi connectivity index (χ4n) is 3.79. The molecule has 1 saturated carbocycles. The maximum atomic E-state index is 12.9. The van der Waals surface area contributed by atoms with Crippen molar-refractivity contribution in [3.63, 3.8) is 0 Å². The van der Waals surface area contributed by atoms with Crippen LogP contribution in [0.25, 0.3) is 9.88 Å². The lowest BCUT2D eigenvalue weighted by Crippen LogP contribution is -2.49. The number of imide groups is 1. The van der Waals surface area contributed by atoms with Gasteiger partial charge >= 0.3 is 6.03 Å². The van der Waals surface area contributed by atoms with Crippen LogP contribution in [-0.2, 0) is 11.3 Å². The Balaban J connectivity index is 1.48. The molecule has 7 heteroatoms. The third kappa shape index (κ3) is 3.00. The normalized spacial score (nSPS) is 26.4. The third-order valence-corrected chi connectivity index (χ3v) is 7.32. The van der Waals surface area contributed by atoms with Gasteiger partial charge in [-0.15, -0.1) is 22.7 Å². The second-order valence-corrected chi connectivity index (χ2v) is 8.68. The highest BCUT2D eigenvalue weighted by atomic mass is 32.1. The molecule has 2 aliphatic rings. The Morgan fingerprint density at radius 3 is 2.80 bits per heavy atom. The molecule has 1 aliphatic heterocycles. The van der Waals surface area contributed by atoms with Crippen molar-refractivity contribution in [1.29, 1.82) is 0 Å². The second-order valence-electron chi connectivity index (χ2n) is 6.88. The van der Waals surface area contributed by atoms with Gasteiger partial charge in [-0.1, -0.05) is 19.4 Å². The third-order valence-electron chi connectivity index (χ3n) is 5.39. The van der Waals surface area contributed by atoms with E-state index in [-0.39, 0.29) is 18.5 Å². The van der Waals surface area contributed by atoms with Gasteiger partial charge in [0.2, 0.25) is 0 Å². The molecule has 3 amide bonds. The highest BCUT2D eigenvalue weighted by Crippen LogP contribution is 2.38. The number of thiophene rings is 1. The monoisotopic (exact) mass is 375 g/mol. The fraction of sp³-hybridized carbons (Fsp3) is 0.500. The Morgan fingerprint density at radius 2 is 2.12 bits per heavy atom. The molecule has 4 rings (SSSR count). The minimum atomic E-state index is -0.671. The van der Waals surface area contributed by atoms with Crippen molar-refractivity contribution in [2.24, 2.45) is 5.92 Å². The van der Waals surface area contributed by atoms with Crippen molar-refractivity contribution in [3.8, 4) is 9.88 Å².